The molecule has 184 valence electrons. The first-order chi connectivity index (χ1) is 16.0. The molecule has 0 aromatic heterocycles. The standard InChI is InChI=1S/C25H32N2O6S/c1-16(2)22-8-6-7-17(3)24(22)26-23(28)15-32-25(29)20-9-11-21(12-10-20)34(30,31)27-13-18(4)33-19(5)14-27/h6-12,16,18-19H,13-15H2,1-5H3,(H,26,28). The Bertz CT molecular complexity index is 1130. The van der Waals surface area contributed by atoms with Gasteiger partial charge in [-0.05, 0) is 62.1 Å². The average Bonchev–Trinajstić information content (AvgIpc) is 2.78. The Morgan fingerprint density at radius 2 is 1.71 bits per heavy atom. The van der Waals surface area contributed by atoms with Gasteiger partial charge in [-0.15, -0.1) is 0 Å². The number of nitrogens with one attached hydrogen (secondary N) is 1. The minimum atomic E-state index is -3.71. The van der Waals surface area contributed by atoms with E-state index >= 15 is 0 Å². The number of nitrogens with zero attached hydrogens (tertiary/aromatic N) is 1. The first kappa shape index (κ1) is 25.9. The highest BCUT2D eigenvalue weighted by Crippen LogP contribution is 2.27. The monoisotopic (exact) mass is 488 g/mol. The van der Waals surface area contributed by atoms with Gasteiger partial charge in [-0.3, -0.25) is 4.79 Å². The van der Waals surface area contributed by atoms with E-state index in [1.807, 2.05) is 52.8 Å². The predicted octanol–water partition coefficient (Wildman–Crippen LogP) is 3.71. The quantitative estimate of drug-likeness (QED) is 0.596. The van der Waals surface area contributed by atoms with E-state index in [0.29, 0.717) is 0 Å². The second-order valence-corrected chi connectivity index (χ2v) is 10.9. The normalized spacial score (nSPS) is 19.1. The van der Waals surface area contributed by atoms with Crippen LogP contribution in [0.1, 0.15) is 55.1 Å². The van der Waals surface area contributed by atoms with Crippen LogP contribution in [0.2, 0.25) is 0 Å². The van der Waals surface area contributed by atoms with Crippen molar-refractivity contribution < 1.29 is 27.5 Å². The molecule has 1 aliphatic rings. The smallest absolute Gasteiger partial charge is 0.338 e. The summed E-state index contributed by atoms with van der Waals surface area (Å²) in [5.41, 5.74) is 2.81. The number of carbonyl (C=O) groups is 2. The Kier molecular flexibility index (Phi) is 8.12. The summed E-state index contributed by atoms with van der Waals surface area (Å²) in [7, 11) is -3.71. The van der Waals surface area contributed by atoms with Crippen LogP contribution in [0.15, 0.2) is 47.4 Å². The molecule has 1 N–H and O–H groups in total. The Labute approximate surface area is 201 Å². The maximum Gasteiger partial charge on any atom is 0.338 e. The molecular formula is C25H32N2O6S. The number of hydrogen-bond donors (Lipinski definition) is 1. The van der Waals surface area contributed by atoms with Crippen LogP contribution >= 0.6 is 0 Å². The van der Waals surface area contributed by atoms with Crippen molar-refractivity contribution in [1.29, 1.82) is 0 Å². The van der Waals surface area contributed by atoms with Crippen molar-refractivity contribution in [3.63, 3.8) is 0 Å². The number of para-hydroxylation sites is 1. The van der Waals surface area contributed by atoms with Crippen LogP contribution in [0.25, 0.3) is 0 Å². The second kappa shape index (κ2) is 10.7. The number of esters is 1. The third-order valence-electron chi connectivity index (χ3n) is 5.64. The van der Waals surface area contributed by atoms with Gasteiger partial charge in [-0.25, -0.2) is 13.2 Å². The molecule has 0 saturated carbocycles. The number of amides is 1. The molecule has 1 amide bonds. The molecule has 0 bridgehead atoms. The molecular weight excluding hydrogens is 456 g/mol. The van der Waals surface area contributed by atoms with E-state index in [4.69, 9.17) is 9.47 Å². The zero-order valence-corrected chi connectivity index (χ0v) is 21.0. The molecule has 1 aliphatic heterocycles. The lowest BCUT2D eigenvalue weighted by Crippen LogP contribution is -2.48. The Morgan fingerprint density at radius 3 is 2.29 bits per heavy atom. The molecule has 2 unspecified atom stereocenters. The lowest BCUT2D eigenvalue weighted by atomic mass is 9.98. The maximum absolute atomic E-state index is 13.0. The molecule has 9 heteroatoms. The number of sulfonamides is 1. The number of ether oxygens (including phenoxy) is 2. The molecule has 1 heterocycles. The van der Waals surface area contributed by atoms with Crippen molar-refractivity contribution in [1.82, 2.24) is 4.31 Å². The number of rotatable bonds is 7. The Hall–Kier alpha value is -2.75. The zero-order valence-electron chi connectivity index (χ0n) is 20.2. The highest BCUT2D eigenvalue weighted by Gasteiger charge is 2.32. The first-order valence-corrected chi connectivity index (χ1v) is 12.7. The minimum absolute atomic E-state index is 0.0869. The fourth-order valence-corrected chi connectivity index (χ4v) is 5.56. The highest BCUT2D eigenvalue weighted by atomic mass is 32.2. The minimum Gasteiger partial charge on any atom is -0.452 e. The predicted molar refractivity (Wildman–Crippen MR) is 129 cm³/mol. The van der Waals surface area contributed by atoms with E-state index < -0.39 is 28.5 Å². The average molecular weight is 489 g/mol. The molecule has 0 aliphatic carbocycles. The summed E-state index contributed by atoms with van der Waals surface area (Å²) in [4.78, 5) is 24.9. The largest absolute Gasteiger partial charge is 0.452 e. The Balaban J connectivity index is 1.62. The van der Waals surface area contributed by atoms with Crippen molar-refractivity contribution in [2.75, 3.05) is 25.0 Å². The molecule has 2 atom stereocenters. The number of hydrogen-bond acceptors (Lipinski definition) is 6. The van der Waals surface area contributed by atoms with E-state index in [1.165, 1.54) is 28.6 Å². The van der Waals surface area contributed by atoms with Crippen LogP contribution in [-0.4, -0.2) is 56.5 Å². The van der Waals surface area contributed by atoms with E-state index in [0.717, 1.165) is 16.8 Å². The molecule has 34 heavy (non-hydrogen) atoms. The van der Waals surface area contributed by atoms with Gasteiger partial charge in [0.2, 0.25) is 10.0 Å². The molecule has 2 aromatic carbocycles. The Morgan fingerprint density at radius 1 is 1.09 bits per heavy atom. The molecule has 8 nitrogen and oxygen atoms in total. The van der Waals surface area contributed by atoms with E-state index in [9.17, 15) is 18.0 Å². The highest BCUT2D eigenvalue weighted by molar-refractivity contribution is 7.89. The van der Waals surface area contributed by atoms with Crippen LogP contribution in [0.5, 0.6) is 0 Å². The molecule has 0 spiro atoms. The lowest BCUT2D eigenvalue weighted by molar-refractivity contribution is -0.119. The number of anilines is 1. The molecule has 0 radical (unpaired) electrons. The van der Waals surface area contributed by atoms with Crippen LogP contribution in [-0.2, 0) is 24.3 Å². The van der Waals surface area contributed by atoms with Crippen LogP contribution in [0, 0.1) is 6.92 Å². The number of morpholine rings is 1. The SMILES string of the molecule is Cc1cccc(C(C)C)c1NC(=O)COC(=O)c1ccc(S(=O)(=O)N2CC(C)OC(C)C2)cc1. The van der Waals surface area contributed by atoms with Crippen molar-refractivity contribution >= 4 is 27.6 Å². The summed E-state index contributed by atoms with van der Waals surface area (Å²) in [6.07, 6.45) is -0.398. The van der Waals surface area contributed by atoms with Gasteiger partial charge in [0.1, 0.15) is 0 Å². The lowest BCUT2D eigenvalue weighted by Gasteiger charge is -2.34. The van der Waals surface area contributed by atoms with Crippen molar-refractivity contribution in [3.8, 4) is 0 Å². The second-order valence-electron chi connectivity index (χ2n) is 8.92. The van der Waals surface area contributed by atoms with Gasteiger partial charge in [0.05, 0.1) is 22.7 Å². The molecule has 3 rings (SSSR count). The van der Waals surface area contributed by atoms with Crippen molar-refractivity contribution in [3.05, 3.63) is 59.2 Å². The number of aryl methyl sites for hydroxylation is 1. The van der Waals surface area contributed by atoms with Gasteiger partial charge in [-0.1, -0.05) is 32.0 Å². The fraction of sp³-hybridized carbons (Fsp3) is 0.440. The van der Waals surface area contributed by atoms with E-state index in [-0.39, 0.29) is 41.7 Å². The van der Waals surface area contributed by atoms with Gasteiger partial charge >= 0.3 is 5.97 Å². The molecule has 1 saturated heterocycles. The van der Waals surface area contributed by atoms with Crippen LogP contribution in [0.3, 0.4) is 0 Å². The van der Waals surface area contributed by atoms with Gasteiger partial charge in [0.25, 0.3) is 5.91 Å². The summed E-state index contributed by atoms with van der Waals surface area (Å²) in [6.45, 7) is 9.72. The van der Waals surface area contributed by atoms with Crippen LogP contribution in [0.4, 0.5) is 5.69 Å². The number of carbonyl (C=O) groups excluding carboxylic acids is 2. The molecule has 2 aromatic rings. The van der Waals surface area contributed by atoms with E-state index in [1.54, 1.807) is 0 Å². The molecule has 1 fully saturated rings. The summed E-state index contributed by atoms with van der Waals surface area (Å²) < 4.78 is 38.0. The van der Waals surface area contributed by atoms with Crippen molar-refractivity contribution in [2.24, 2.45) is 0 Å². The maximum atomic E-state index is 13.0. The third-order valence-corrected chi connectivity index (χ3v) is 7.49. The number of benzene rings is 2. The van der Waals surface area contributed by atoms with Gasteiger partial charge in [0.15, 0.2) is 6.61 Å². The fourth-order valence-electron chi connectivity index (χ4n) is 3.97. The van der Waals surface area contributed by atoms with Gasteiger partial charge in [-0.2, -0.15) is 4.31 Å². The summed E-state index contributed by atoms with van der Waals surface area (Å²) in [5, 5.41) is 2.83. The first-order valence-electron chi connectivity index (χ1n) is 11.3. The van der Waals surface area contributed by atoms with Gasteiger partial charge < -0.3 is 14.8 Å². The topological polar surface area (TPSA) is 102 Å². The van der Waals surface area contributed by atoms with Crippen molar-refractivity contribution in [2.45, 2.75) is 57.6 Å². The van der Waals surface area contributed by atoms with Gasteiger partial charge in [0, 0.05) is 18.8 Å². The van der Waals surface area contributed by atoms with Crippen LogP contribution < -0.4 is 5.32 Å². The third kappa shape index (κ3) is 6.02. The zero-order chi connectivity index (χ0) is 25.0. The summed E-state index contributed by atoms with van der Waals surface area (Å²) in [5.74, 6) is -0.933. The summed E-state index contributed by atoms with van der Waals surface area (Å²) in [6, 6.07) is 11.3. The summed E-state index contributed by atoms with van der Waals surface area (Å²) >= 11 is 0. The van der Waals surface area contributed by atoms with E-state index in [2.05, 4.69) is 5.32 Å².